The normalized spacial score (nSPS) is 11.2. The molecule has 1 heterocycles. The summed E-state index contributed by atoms with van der Waals surface area (Å²) in [5.41, 5.74) is 1.58. The minimum atomic E-state index is -0.0456. The Kier molecular flexibility index (Phi) is 5.66. The second-order valence-corrected chi connectivity index (χ2v) is 6.50. The first-order valence-corrected chi connectivity index (χ1v) is 7.66. The molecule has 0 spiro atoms. The van der Waals surface area contributed by atoms with E-state index in [0.29, 0.717) is 12.1 Å². The third kappa shape index (κ3) is 4.74. The molecule has 1 rings (SSSR count). The van der Waals surface area contributed by atoms with Crippen molar-refractivity contribution < 1.29 is 4.79 Å². The zero-order valence-electron chi connectivity index (χ0n) is 12.3. The summed E-state index contributed by atoms with van der Waals surface area (Å²) < 4.78 is 0.0438. The van der Waals surface area contributed by atoms with E-state index in [9.17, 15) is 4.79 Å². The predicted octanol–water partition coefficient (Wildman–Crippen LogP) is 2.56. The van der Waals surface area contributed by atoms with Gasteiger partial charge in [0, 0.05) is 29.6 Å². The Morgan fingerprint density at radius 1 is 1.42 bits per heavy atom. The van der Waals surface area contributed by atoms with Crippen molar-refractivity contribution in [3.8, 4) is 0 Å². The van der Waals surface area contributed by atoms with Crippen LogP contribution in [0.1, 0.15) is 36.8 Å². The number of aryl methyl sites for hydroxylation is 1. The monoisotopic (exact) mass is 281 g/mol. The Morgan fingerprint density at radius 2 is 2.11 bits per heavy atom. The number of hydrogen-bond donors (Lipinski definition) is 2. The molecule has 1 amide bonds. The van der Waals surface area contributed by atoms with E-state index in [2.05, 4.69) is 29.5 Å². The number of rotatable bonds is 6. The maximum atomic E-state index is 12.2. The maximum Gasteiger partial charge on any atom is 0.251 e. The molecule has 0 aliphatic carbocycles. The smallest absolute Gasteiger partial charge is 0.251 e. The van der Waals surface area contributed by atoms with Crippen LogP contribution >= 0.6 is 11.8 Å². The van der Waals surface area contributed by atoms with Gasteiger partial charge in [0.15, 0.2) is 0 Å². The van der Waals surface area contributed by atoms with Gasteiger partial charge in [-0.15, -0.1) is 0 Å². The maximum absolute atomic E-state index is 12.2. The Balaban J connectivity index is 2.81. The Labute approximate surface area is 119 Å². The van der Waals surface area contributed by atoms with Crippen molar-refractivity contribution in [1.82, 2.24) is 10.3 Å². The third-order valence-electron chi connectivity index (χ3n) is 2.99. The molecule has 106 valence electrons. The number of carbonyl (C=O) groups is 1. The predicted molar refractivity (Wildman–Crippen MR) is 83.1 cm³/mol. The van der Waals surface area contributed by atoms with Crippen LogP contribution in [0.5, 0.6) is 0 Å². The van der Waals surface area contributed by atoms with Crippen molar-refractivity contribution in [3.05, 3.63) is 23.4 Å². The molecule has 0 aromatic carbocycles. The van der Waals surface area contributed by atoms with Crippen LogP contribution in [0.15, 0.2) is 12.1 Å². The van der Waals surface area contributed by atoms with Crippen LogP contribution in [-0.2, 0) is 6.42 Å². The lowest BCUT2D eigenvalue weighted by Crippen LogP contribution is -2.36. The molecule has 0 bridgehead atoms. The van der Waals surface area contributed by atoms with E-state index in [1.165, 1.54) is 0 Å². The van der Waals surface area contributed by atoms with Crippen molar-refractivity contribution in [2.24, 2.45) is 0 Å². The molecule has 1 aromatic rings. The van der Waals surface area contributed by atoms with E-state index in [1.807, 2.05) is 19.2 Å². The van der Waals surface area contributed by atoms with Crippen molar-refractivity contribution in [2.75, 3.05) is 25.2 Å². The van der Waals surface area contributed by atoms with Gasteiger partial charge in [0.2, 0.25) is 0 Å². The molecule has 0 aliphatic heterocycles. The summed E-state index contributed by atoms with van der Waals surface area (Å²) in [6.45, 7) is 6.90. The van der Waals surface area contributed by atoms with Gasteiger partial charge < -0.3 is 10.6 Å². The molecule has 0 aliphatic rings. The fourth-order valence-corrected chi connectivity index (χ4v) is 1.71. The van der Waals surface area contributed by atoms with E-state index in [1.54, 1.807) is 24.9 Å². The molecule has 4 nitrogen and oxygen atoms in total. The van der Waals surface area contributed by atoms with Crippen molar-refractivity contribution in [1.29, 1.82) is 0 Å². The summed E-state index contributed by atoms with van der Waals surface area (Å²) in [6.07, 6.45) is 2.86. The average molecular weight is 281 g/mol. The van der Waals surface area contributed by atoms with Gasteiger partial charge >= 0.3 is 0 Å². The van der Waals surface area contributed by atoms with Crippen LogP contribution in [-0.4, -0.2) is 35.5 Å². The van der Waals surface area contributed by atoms with Crippen molar-refractivity contribution >= 4 is 23.5 Å². The lowest BCUT2D eigenvalue weighted by Gasteiger charge is -2.22. The van der Waals surface area contributed by atoms with Gasteiger partial charge in [-0.25, -0.2) is 4.98 Å². The first kappa shape index (κ1) is 15.8. The average Bonchev–Trinajstić information content (AvgIpc) is 2.44. The van der Waals surface area contributed by atoms with Gasteiger partial charge in [0.1, 0.15) is 5.82 Å². The lowest BCUT2D eigenvalue weighted by atomic mass is 10.1. The standard InChI is InChI=1S/C14H23N3OS/c1-6-11-7-10(8-12(15-4)17-11)13(18)16-9-14(2,3)19-5/h7-8H,6,9H2,1-5H3,(H,15,17)(H,16,18). The van der Waals surface area contributed by atoms with Gasteiger partial charge in [-0.2, -0.15) is 11.8 Å². The highest BCUT2D eigenvalue weighted by atomic mass is 32.2. The third-order valence-corrected chi connectivity index (χ3v) is 4.24. The highest BCUT2D eigenvalue weighted by Crippen LogP contribution is 2.20. The molecular formula is C14H23N3OS. The molecule has 0 fully saturated rings. The summed E-state index contributed by atoms with van der Waals surface area (Å²) in [5, 5.41) is 5.96. The van der Waals surface area contributed by atoms with Gasteiger partial charge in [0.05, 0.1) is 0 Å². The van der Waals surface area contributed by atoms with Gasteiger partial charge in [0.25, 0.3) is 5.91 Å². The number of anilines is 1. The summed E-state index contributed by atoms with van der Waals surface area (Å²) in [4.78, 5) is 16.6. The fraction of sp³-hybridized carbons (Fsp3) is 0.571. The minimum absolute atomic E-state index is 0.0438. The summed E-state index contributed by atoms with van der Waals surface area (Å²) in [5.74, 6) is 0.685. The van der Waals surface area contributed by atoms with Crippen LogP contribution in [0.25, 0.3) is 0 Å². The second-order valence-electron chi connectivity index (χ2n) is 4.98. The highest BCUT2D eigenvalue weighted by molar-refractivity contribution is 7.99. The number of aromatic nitrogens is 1. The molecule has 0 atom stereocenters. The topological polar surface area (TPSA) is 54.0 Å². The first-order valence-electron chi connectivity index (χ1n) is 6.44. The summed E-state index contributed by atoms with van der Waals surface area (Å²) in [7, 11) is 1.81. The molecule has 19 heavy (non-hydrogen) atoms. The number of pyridine rings is 1. The molecule has 0 unspecified atom stereocenters. The van der Waals surface area contributed by atoms with Crippen LogP contribution < -0.4 is 10.6 Å². The van der Waals surface area contributed by atoms with Crippen molar-refractivity contribution in [2.45, 2.75) is 31.9 Å². The van der Waals surface area contributed by atoms with Crippen LogP contribution in [0.3, 0.4) is 0 Å². The molecular weight excluding hydrogens is 258 g/mol. The highest BCUT2D eigenvalue weighted by Gasteiger charge is 2.18. The largest absolute Gasteiger partial charge is 0.373 e. The molecule has 5 heteroatoms. The number of carbonyl (C=O) groups excluding carboxylic acids is 1. The van der Waals surface area contributed by atoms with E-state index in [4.69, 9.17) is 0 Å². The van der Waals surface area contributed by atoms with Crippen LogP contribution in [0.2, 0.25) is 0 Å². The number of nitrogens with one attached hydrogen (secondary N) is 2. The molecule has 0 saturated carbocycles. The Morgan fingerprint density at radius 3 is 2.63 bits per heavy atom. The lowest BCUT2D eigenvalue weighted by molar-refractivity contribution is 0.0950. The number of thioether (sulfide) groups is 1. The number of nitrogens with zero attached hydrogens (tertiary/aromatic N) is 1. The Bertz CT molecular complexity index is 424. The van der Waals surface area contributed by atoms with Crippen LogP contribution in [0, 0.1) is 0 Å². The number of hydrogen-bond acceptors (Lipinski definition) is 4. The van der Waals surface area contributed by atoms with E-state index in [0.717, 1.165) is 17.9 Å². The summed E-state index contributed by atoms with van der Waals surface area (Å²) >= 11 is 1.74. The first-order chi connectivity index (χ1) is 8.91. The van der Waals surface area contributed by atoms with Gasteiger partial charge in [-0.1, -0.05) is 6.92 Å². The summed E-state index contributed by atoms with van der Waals surface area (Å²) in [6, 6.07) is 3.63. The van der Waals surface area contributed by atoms with Gasteiger partial charge in [-0.3, -0.25) is 4.79 Å². The molecule has 0 saturated heterocycles. The SMILES string of the molecule is CCc1cc(C(=O)NCC(C)(C)SC)cc(NC)n1. The van der Waals surface area contributed by atoms with Crippen molar-refractivity contribution in [3.63, 3.8) is 0 Å². The molecule has 0 radical (unpaired) electrons. The van der Waals surface area contributed by atoms with Crippen LogP contribution in [0.4, 0.5) is 5.82 Å². The number of amides is 1. The molecule has 2 N–H and O–H groups in total. The van der Waals surface area contributed by atoms with E-state index in [-0.39, 0.29) is 10.7 Å². The van der Waals surface area contributed by atoms with E-state index < -0.39 is 0 Å². The molecule has 1 aromatic heterocycles. The zero-order valence-corrected chi connectivity index (χ0v) is 13.1. The Hall–Kier alpha value is -1.23. The minimum Gasteiger partial charge on any atom is -0.373 e. The fourth-order valence-electron chi connectivity index (χ4n) is 1.50. The van der Waals surface area contributed by atoms with Gasteiger partial charge in [-0.05, 0) is 38.7 Å². The second kappa shape index (κ2) is 6.80. The quantitative estimate of drug-likeness (QED) is 0.841. The van der Waals surface area contributed by atoms with E-state index >= 15 is 0 Å². The zero-order chi connectivity index (χ0) is 14.5.